The third-order valence-electron chi connectivity index (χ3n) is 4.09. The molecule has 4 nitrogen and oxygen atoms in total. The van der Waals surface area contributed by atoms with Gasteiger partial charge in [-0.05, 0) is 36.8 Å². The van der Waals surface area contributed by atoms with Crippen LogP contribution < -0.4 is 4.90 Å². The van der Waals surface area contributed by atoms with Gasteiger partial charge in [-0.2, -0.15) is 0 Å². The highest BCUT2D eigenvalue weighted by Crippen LogP contribution is 2.40. The smallest absolute Gasteiger partial charge is 0.330 e. The van der Waals surface area contributed by atoms with Crippen LogP contribution in [-0.2, 0) is 11.2 Å². The van der Waals surface area contributed by atoms with E-state index in [1.54, 1.807) is 25.1 Å². The van der Waals surface area contributed by atoms with Crippen LogP contribution in [0.5, 0.6) is 0 Å². The molecule has 2 aromatic carbocycles. The molecule has 3 rings (SSSR count). The largest absolute Gasteiger partial charge is 0.479 e. The number of carboxylic acids is 1. The van der Waals surface area contributed by atoms with Gasteiger partial charge in [-0.3, -0.25) is 9.69 Å². The van der Waals surface area contributed by atoms with Gasteiger partial charge in [-0.25, -0.2) is 4.79 Å². The molecule has 118 valence electrons. The van der Waals surface area contributed by atoms with Gasteiger partial charge in [0.1, 0.15) is 5.54 Å². The summed E-state index contributed by atoms with van der Waals surface area (Å²) >= 11 is 11.9. The Morgan fingerprint density at radius 3 is 2.48 bits per heavy atom. The molecule has 1 heterocycles. The van der Waals surface area contributed by atoms with Crippen molar-refractivity contribution in [2.75, 3.05) is 4.90 Å². The van der Waals surface area contributed by atoms with E-state index in [0.717, 1.165) is 5.56 Å². The minimum absolute atomic E-state index is 0.252. The van der Waals surface area contributed by atoms with E-state index in [2.05, 4.69) is 0 Å². The van der Waals surface area contributed by atoms with Gasteiger partial charge in [0.2, 0.25) is 0 Å². The molecule has 0 spiro atoms. The van der Waals surface area contributed by atoms with E-state index >= 15 is 0 Å². The van der Waals surface area contributed by atoms with Crippen LogP contribution in [0.4, 0.5) is 5.69 Å². The second-order valence-corrected chi connectivity index (χ2v) is 6.47. The molecule has 0 fully saturated rings. The Kier molecular flexibility index (Phi) is 3.82. The first-order valence-corrected chi connectivity index (χ1v) is 7.71. The molecule has 0 aromatic heterocycles. The zero-order valence-electron chi connectivity index (χ0n) is 12.2. The molecule has 1 N–H and O–H groups in total. The van der Waals surface area contributed by atoms with Crippen LogP contribution in [0.1, 0.15) is 22.8 Å². The van der Waals surface area contributed by atoms with Crippen molar-refractivity contribution >= 4 is 40.8 Å². The number of nitrogens with zero attached hydrogens (tertiary/aromatic N) is 1. The Labute approximate surface area is 143 Å². The molecule has 0 aliphatic carbocycles. The van der Waals surface area contributed by atoms with Gasteiger partial charge in [-0.1, -0.05) is 41.4 Å². The van der Waals surface area contributed by atoms with Crippen molar-refractivity contribution in [1.82, 2.24) is 0 Å². The van der Waals surface area contributed by atoms with Gasteiger partial charge < -0.3 is 5.11 Å². The molecule has 6 heteroatoms. The second-order valence-electron chi connectivity index (χ2n) is 5.65. The lowest BCUT2D eigenvalue weighted by Crippen LogP contribution is -2.53. The minimum atomic E-state index is -1.34. The highest BCUT2D eigenvalue weighted by Gasteiger charge is 2.49. The van der Waals surface area contributed by atoms with E-state index in [1.807, 2.05) is 12.1 Å². The number of para-hydroxylation sites is 1. The third-order valence-corrected chi connectivity index (χ3v) is 4.83. The first-order valence-electron chi connectivity index (χ1n) is 6.95. The fourth-order valence-electron chi connectivity index (χ4n) is 2.86. The Morgan fingerprint density at radius 1 is 1.13 bits per heavy atom. The van der Waals surface area contributed by atoms with E-state index < -0.39 is 17.4 Å². The molecule has 0 radical (unpaired) electrons. The number of aliphatic carboxylic acids is 1. The van der Waals surface area contributed by atoms with Gasteiger partial charge in [0.25, 0.3) is 5.91 Å². The minimum Gasteiger partial charge on any atom is -0.479 e. The average Bonchev–Trinajstić information content (AvgIpc) is 2.82. The highest BCUT2D eigenvalue weighted by atomic mass is 35.5. The highest BCUT2D eigenvalue weighted by molar-refractivity contribution is 6.42. The standard InChI is InChI=1S/C17H13Cl2NO3/c1-17(16(22)23)9-11-4-2-3-5-14(11)20(17)15(21)10-6-7-12(18)13(19)8-10/h2-8H,9H2,1H3,(H,22,23). The number of halogens is 2. The quantitative estimate of drug-likeness (QED) is 0.889. The predicted octanol–water partition coefficient (Wildman–Crippen LogP) is 4.04. The molecule has 1 atom stereocenters. The van der Waals surface area contributed by atoms with Crippen LogP contribution in [0.15, 0.2) is 42.5 Å². The summed E-state index contributed by atoms with van der Waals surface area (Å²) in [5.41, 5.74) is 0.384. The van der Waals surface area contributed by atoms with Crippen molar-refractivity contribution in [1.29, 1.82) is 0 Å². The normalized spacial score (nSPS) is 19.5. The van der Waals surface area contributed by atoms with Crippen molar-refractivity contribution < 1.29 is 14.7 Å². The Morgan fingerprint density at radius 2 is 1.83 bits per heavy atom. The number of amides is 1. The van der Waals surface area contributed by atoms with Gasteiger partial charge in [0.05, 0.1) is 10.0 Å². The van der Waals surface area contributed by atoms with Crippen molar-refractivity contribution in [2.45, 2.75) is 18.9 Å². The van der Waals surface area contributed by atoms with E-state index in [1.165, 1.54) is 17.0 Å². The molecule has 1 aliphatic rings. The fourth-order valence-corrected chi connectivity index (χ4v) is 3.16. The number of fused-ring (bicyclic) bond motifs is 1. The maximum atomic E-state index is 13.0. The molecule has 0 saturated carbocycles. The molecule has 0 saturated heterocycles. The number of hydrogen-bond acceptors (Lipinski definition) is 2. The summed E-state index contributed by atoms with van der Waals surface area (Å²) in [7, 11) is 0. The molecule has 1 unspecified atom stereocenters. The van der Waals surface area contributed by atoms with E-state index in [-0.39, 0.29) is 11.4 Å². The number of benzene rings is 2. The van der Waals surface area contributed by atoms with Gasteiger partial charge >= 0.3 is 5.97 Å². The van der Waals surface area contributed by atoms with Gasteiger partial charge in [0.15, 0.2) is 0 Å². The van der Waals surface area contributed by atoms with Crippen LogP contribution in [0.2, 0.25) is 10.0 Å². The summed E-state index contributed by atoms with van der Waals surface area (Å²) < 4.78 is 0. The van der Waals surface area contributed by atoms with Crippen LogP contribution >= 0.6 is 23.2 Å². The summed E-state index contributed by atoms with van der Waals surface area (Å²) in [5, 5.41) is 10.3. The number of carbonyl (C=O) groups is 2. The van der Waals surface area contributed by atoms with Gasteiger partial charge in [0, 0.05) is 17.7 Å². The lowest BCUT2D eigenvalue weighted by molar-refractivity contribution is -0.142. The number of hydrogen-bond donors (Lipinski definition) is 1. The lowest BCUT2D eigenvalue weighted by Gasteiger charge is -2.31. The fraction of sp³-hybridized carbons (Fsp3) is 0.176. The van der Waals surface area contributed by atoms with E-state index in [0.29, 0.717) is 16.3 Å². The molecule has 1 amide bonds. The van der Waals surface area contributed by atoms with Crippen LogP contribution in [0, 0.1) is 0 Å². The average molecular weight is 350 g/mol. The Balaban J connectivity index is 2.12. The van der Waals surface area contributed by atoms with Crippen molar-refractivity contribution in [2.24, 2.45) is 0 Å². The zero-order chi connectivity index (χ0) is 16.8. The monoisotopic (exact) mass is 349 g/mol. The first kappa shape index (κ1) is 15.8. The Bertz CT molecular complexity index is 821. The molecule has 23 heavy (non-hydrogen) atoms. The predicted molar refractivity (Wildman–Crippen MR) is 89.5 cm³/mol. The molecule has 1 aliphatic heterocycles. The molecular formula is C17H13Cl2NO3. The topological polar surface area (TPSA) is 57.6 Å². The summed E-state index contributed by atoms with van der Waals surface area (Å²) in [6.45, 7) is 1.55. The number of anilines is 1. The summed E-state index contributed by atoms with van der Waals surface area (Å²) in [6, 6.07) is 11.7. The summed E-state index contributed by atoms with van der Waals surface area (Å²) in [4.78, 5) is 26.1. The van der Waals surface area contributed by atoms with Gasteiger partial charge in [-0.15, -0.1) is 0 Å². The first-order chi connectivity index (χ1) is 10.8. The second kappa shape index (κ2) is 5.55. The van der Waals surface area contributed by atoms with E-state index in [9.17, 15) is 14.7 Å². The summed E-state index contributed by atoms with van der Waals surface area (Å²) in [6.07, 6.45) is 0.256. The third kappa shape index (κ3) is 2.48. The molecule has 2 aromatic rings. The zero-order valence-corrected chi connectivity index (χ0v) is 13.7. The molecule has 0 bridgehead atoms. The SMILES string of the molecule is CC1(C(=O)O)Cc2ccccc2N1C(=O)c1ccc(Cl)c(Cl)c1. The summed E-state index contributed by atoms with van der Waals surface area (Å²) in [5.74, 6) is -1.47. The number of carboxylic acid groups (broad SMARTS) is 1. The number of carbonyl (C=O) groups excluding carboxylic acids is 1. The number of rotatable bonds is 2. The van der Waals surface area contributed by atoms with Crippen molar-refractivity contribution in [3.05, 3.63) is 63.6 Å². The van der Waals surface area contributed by atoms with Crippen LogP contribution in [0.25, 0.3) is 0 Å². The van der Waals surface area contributed by atoms with Crippen LogP contribution in [-0.4, -0.2) is 22.5 Å². The van der Waals surface area contributed by atoms with E-state index in [4.69, 9.17) is 23.2 Å². The lowest BCUT2D eigenvalue weighted by atomic mass is 9.96. The van der Waals surface area contributed by atoms with Crippen molar-refractivity contribution in [3.8, 4) is 0 Å². The maximum absolute atomic E-state index is 13.0. The molecular weight excluding hydrogens is 337 g/mol. The Hall–Kier alpha value is -2.04. The van der Waals surface area contributed by atoms with Crippen molar-refractivity contribution in [3.63, 3.8) is 0 Å². The maximum Gasteiger partial charge on any atom is 0.330 e. The van der Waals surface area contributed by atoms with Crippen LogP contribution in [0.3, 0.4) is 0 Å².